The molecular weight excluding hydrogens is 270 g/mol. The molecule has 0 aliphatic carbocycles. The number of benzene rings is 2. The summed E-state index contributed by atoms with van der Waals surface area (Å²) in [5, 5.41) is 0. The largest absolute Gasteiger partial charge is 0.313 e. The van der Waals surface area contributed by atoms with E-state index >= 15 is 0 Å². The summed E-state index contributed by atoms with van der Waals surface area (Å²) in [5.74, 6) is 0.532. The lowest BCUT2D eigenvalue weighted by Gasteiger charge is -2.31. The van der Waals surface area contributed by atoms with Crippen LogP contribution in [-0.2, 0) is 15.7 Å². The standard InChI is InChI=1S/C16H13NO2S/c18-15-13-8-4-5-9-14(13)16(12-6-2-1-3-7-12)17(15)10-11-20(16)19/h1-9H,10-11H2. The minimum absolute atomic E-state index is 0.00435. The molecule has 2 aliphatic rings. The van der Waals surface area contributed by atoms with Gasteiger partial charge in [-0.05, 0) is 11.6 Å². The first-order chi connectivity index (χ1) is 9.76. The maximum Gasteiger partial charge on any atom is 0.256 e. The van der Waals surface area contributed by atoms with Crippen molar-refractivity contribution >= 4 is 16.7 Å². The molecule has 2 aromatic carbocycles. The monoisotopic (exact) mass is 283 g/mol. The number of fused-ring (bicyclic) bond motifs is 3. The summed E-state index contributed by atoms with van der Waals surface area (Å²) in [7, 11) is -1.11. The van der Waals surface area contributed by atoms with Crippen molar-refractivity contribution in [2.24, 2.45) is 0 Å². The van der Waals surface area contributed by atoms with Gasteiger partial charge in [-0.25, -0.2) is 0 Å². The molecule has 2 unspecified atom stereocenters. The lowest BCUT2D eigenvalue weighted by atomic mass is 9.97. The van der Waals surface area contributed by atoms with Gasteiger partial charge in [0.25, 0.3) is 5.91 Å². The van der Waals surface area contributed by atoms with Gasteiger partial charge in [0.1, 0.15) is 0 Å². The highest BCUT2D eigenvalue weighted by Gasteiger charge is 2.58. The van der Waals surface area contributed by atoms with Gasteiger partial charge in [0.05, 0.1) is 10.8 Å². The van der Waals surface area contributed by atoms with Gasteiger partial charge in [-0.15, -0.1) is 0 Å². The van der Waals surface area contributed by atoms with Crippen LogP contribution >= 0.6 is 0 Å². The lowest BCUT2D eigenvalue weighted by Crippen LogP contribution is -2.41. The van der Waals surface area contributed by atoms with Crippen LogP contribution in [0.4, 0.5) is 0 Å². The predicted molar refractivity (Wildman–Crippen MR) is 77.7 cm³/mol. The second kappa shape index (κ2) is 4.03. The zero-order valence-corrected chi connectivity index (χ0v) is 11.6. The number of rotatable bonds is 1. The maximum absolute atomic E-state index is 12.8. The molecule has 0 N–H and O–H groups in total. The Balaban J connectivity index is 2.08. The summed E-state index contributed by atoms with van der Waals surface area (Å²) < 4.78 is 12.8. The fourth-order valence-electron chi connectivity index (χ4n) is 3.33. The molecule has 1 saturated heterocycles. The molecule has 0 radical (unpaired) electrons. The molecule has 1 amide bonds. The normalized spacial score (nSPS) is 27.5. The Kier molecular flexibility index (Phi) is 2.39. The molecule has 100 valence electrons. The van der Waals surface area contributed by atoms with Crippen molar-refractivity contribution < 1.29 is 9.00 Å². The van der Waals surface area contributed by atoms with E-state index in [0.29, 0.717) is 17.9 Å². The van der Waals surface area contributed by atoms with E-state index in [2.05, 4.69) is 0 Å². The average Bonchev–Trinajstić information content (AvgIpc) is 2.97. The second-order valence-electron chi connectivity index (χ2n) is 5.06. The van der Waals surface area contributed by atoms with E-state index in [-0.39, 0.29) is 5.91 Å². The molecule has 2 aliphatic heterocycles. The van der Waals surface area contributed by atoms with Gasteiger partial charge in [-0.3, -0.25) is 9.00 Å². The Bertz CT molecular complexity index is 728. The topological polar surface area (TPSA) is 37.4 Å². The van der Waals surface area contributed by atoms with Gasteiger partial charge >= 0.3 is 0 Å². The SMILES string of the molecule is O=C1c2ccccc2C2(c3ccccc3)N1CCS2=O. The van der Waals surface area contributed by atoms with Gasteiger partial charge in [-0.2, -0.15) is 0 Å². The van der Waals surface area contributed by atoms with Crippen molar-refractivity contribution in [3.05, 3.63) is 71.3 Å². The molecule has 20 heavy (non-hydrogen) atoms. The van der Waals surface area contributed by atoms with E-state index in [1.807, 2.05) is 54.6 Å². The van der Waals surface area contributed by atoms with E-state index < -0.39 is 15.7 Å². The zero-order chi connectivity index (χ0) is 13.7. The Labute approximate surface area is 119 Å². The van der Waals surface area contributed by atoms with Crippen molar-refractivity contribution in [1.82, 2.24) is 4.90 Å². The fourth-order valence-corrected chi connectivity index (χ4v) is 5.22. The van der Waals surface area contributed by atoms with E-state index in [0.717, 1.165) is 11.1 Å². The molecule has 0 aromatic heterocycles. The molecule has 3 nitrogen and oxygen atoms in total. The number of hydrogen-bond donors (Lipinski definition) is 0. The van der Waals surface area contributed by atoms with E-state index in [1.165, 1.54) is 0 Å². The van der Waals surface area contributed by atoms with Gasteiger partial charge < -0.3 is 4.90 Å². The first-order valence-corrected chi connectivity index (χ1v) is 7.93. The molecule has 2 aromatic rings. The average molecular weight is 283 g/mol. The van der Waals surface area contributed by atoms with Crippen LogP contribution in [-0.4, -0.2) is 27.3 Å². The minimum Gasteiger partial charge on any atom is -0.313 e. The fraction of sp³-hybridized carbons (Fsp3) is 0.188. The van der Waals surface area contributed by atoms with Crippen molar-refractivity contribution in [3.63, 3.8) is 0 Å². The number of carbonyl (C=O) groups is 1. The van der Waals surface area contributed by atoms with E-state index in [4.69, 9.17) is 0 Å². The highest BCUT2D eigenvalue weighted by atomic mass is 32.2. The Hall–Kier alpha value is -1.94. The van der Waals surface area contributed by atoms with Gasteiger partial charge in [0.15, 0.2) is 4.87 Å². The Morgan fingerprint density at radius 2 is 1.70 bits per heavy atom. The van der Waals surface area contributed by atoms with Crippen molar-refractivity contribution in [1.29, 1.82) is 0 Å². The van der Waals surface area contributed by atoms with Crippen LogP contribution in [0.1, 0.15) is 21.5 Å². The summed E-state index contributed by atoms with van der Waals surface area (Å²) in [6.07, 6.45) is 0. The Morgan fingerprint density at radius 3 is 2.50 bits per heavy atom. The molecule has 0 bridgehead atoms. The van der Waals surface area contributed by atoms with E-state index in [1.54, 1.807) is 4.90 Å². The molecule has 2 atom stereocenters. The smallest absolute Gasteiger partial charge is 0.256 e. The van der Waals surface area contributed by atoms with Crippen molar-refractivity contribution in [2.75, 3.05) is 12.3 Å². The number of amides is 1. The van der Waals surface area contributed by atoms with Crippen LogP contribution in [0.5, 0.6) is 0 Å². The molecule has 4 rings (SSSR count). The predicted octanol–water partition coefficient (Wildman–Crippen LogP) is 2.11. The quantitative estimate of drug-likeness (QED) is 0.804. The summed E-state index contributed by atoms with van der Waals surface area (Å²) in [6, 6.07) is 17.3. The molecule has 1 fully saturated rings. The number of hydrogen-bond acceptors (Lipinski definition) is 2. The molecule has 2 heterocycles. The van der Waals surface area contributed by atoms with Gasteiger partial charge in [0.2, 0.25) is 0 Å². The lowest BCUT2D eigenvalue weighted by molar-refractivity contribution is 0.0750. The van der Waals surface area contributed by atoms with Crippen LogP contribution in [0.3, 0.4) is 0 Å². The summed E-state index contributed by atoms with van der Waals surface area (Å²) in [4.78, 5) is 13.6. The van der Waals surface area contributed by atoms with Gasteiger partial charge in [-0.1, -0.05) is 48.5 Å². The third-order valence-electron chi connectivity index (χ3n) is 4.14. The molecular formula is C16H13NO2S. The van der Waals surface area contributed by atoms with Crippen molar-refractivity contribution in [3.8, 4) is 0 Å². The Morgan fingerprint density at radius 1 is 1.00 bits per heavy atom. The third-order valence-corrected chi connectivity index (χ3v) is 6.03. The van der Waals surface area contributed by atoms with Crippen LogP contribution in [0.2, 0.25) is 0 Å². The second-order valence-corrected chi connectivity index (χ2v) is 6.75. The van der Waals surface area contributed by atoms with Crippen LogP contribution in [0.25, 0.3) is 0 Å². The first-order valence-electron chi connectivity index (χ1n) is 6.62. The zero-order valence-electron chi connectivity index (χ0n) is 10.8. The molecule has 4 heteroatoms. The maximum atomic E-state index is 12.8. The third kappa shape index (κ3) is 1.25. The summed E-state index contributed by atoms with van der Waals surface area (Å²) in [6.45, 7) is 0.551. The van der Waals surface area contributed by atoms with Crippen LogP contribution in [0.15, 0.2) is 54.6 Å². The summed E-state index contributed by atoms with van der Waals surface area (Å²) >= 11 is 0. The first kappa shape index (κ1) is 11.9. The van der Waals surface area contributed by atoms with E-state index in [9.17, 15) is 9.00 Å². The number of carbonyl (C=O) groups excluding carboxylic acids is 1. The number of nitrogens with zero attached hydrogens (tertiary/aromatic N) is 1. The van der Waals surface area contributed by atoms with Gasteiger partial charge in [0, 0.05) is 23.4 Å². The van der Waals surface area contributed by atoms with Crippen LogP contribution in [0, 0.1) is 0 Å². The minimum atomic E-state index is -1.11. The van der Waals surface area contributed by atoms with Crippen LogP contribution < -0.4 is 0 Å². The summed E-state index contributed by atoms with van der Waals surface area (Å²) in [5.41, 5.74) is 2.51. The molecule has 0 saturated carbocycles. The molecule has 0 spiro atoms. The van der Waals surface area contributed by atoms with Crippen molar-refractivity contribution in [2.45, 2.75) is 4.87 Å². The highest BCUT2D eigenvalue weighted by molar-refractivity contribution is 7.86. The highest BCUT2D eigenvalue weighted by Crippen LogP contribution is 2.49.